The minimum absolute atomic E-state index is 0.255. The standard InChI is InChI=1S/C14H17F6N3O3S2Si.C14H17F6N3OS2Si.C2H4O3/c1-23-11(26-7-13(15,16)17)8(10(22-23)14(18,19)20)6-28(24,25)12-21-5-9(27-12)29(2,3)4;1-23-11(24-7-13(15,16)17)8(10(22-23)14(18,19)20)6-25-12-21-5-9(26-12)27(2,3)4;1-2(3)5-4/h5H,6-7H2,1-4H3;5H,6-7H2,1-4H3;4H,1H3. The number of aromatic nitrogens is 6. The van der Waals surface area contributed by atoms with E-state index in [2.05, 4.69) is 54.2 Å². The van der Waals surface area contributed by atoms with Gasteiger partial charge < -0.3 is 14.4 Å². The number of aryl methyl sites for hydroxylation is 2. The van der Waals surface area contributed by atoms with Gasteiger partial charge in [0.05, 0.1) is 33.0 Å². The van der Waals surface area contributed by atoms with E-state index in [0.717, 1.165) is 48.6 Å². The van der Waals surface area contributed by atoms with E-state index >= 15 is 0 Å². The minimum Gasteiger partial charge on any atom is -0.468 e. The van der Waals surface area contributed by atoms with Crippen LogP contribution in [0.2, 0.25) is 39.3 Å². The highest BCUT2D eigenvalue weighted by Gasteiger charge is 2.43. The minimum atomic E-state index is -5.09. The maximum absolute atomic E-state index is 13.3. The number of ether oxygens (including phenoxy) is 2. The number of thiazole rings is 2. The first-order valence-electron chi connectivity index (χ1n) is 16.6. The van der Waals surface area contributed by atoms with E-state index in [1.54, 1.807) is 6.20 Å². The van der Waals surface area contributed by atoms with Crippen molar-refractivity contribution in [3.8, 4) is 11.8 Å². The van der Waals surface area contributed by atoms with Gasteiger partial charge in [0.25, 0.3) is 0 Å². The molecule has 4 rings (SSSR count). The quantitative estimate of drug-likeness (QED) is 0.0479. The van der Waals surface area contributed by atoms with Crippen LogP contribution in [0.3, 0.4) is 0 Å². The predicted octanol–water partition coefficient (Wildman–Crippen LogP) is 8.05. The molecule has 0 amide bonds. The number of carbonyl (C=O) groups is 1. The summed E-state index contributed by atoms with van der Waals surface area (Å²) >= 11 is 3.25. The molecule has 0 aliphatic rings. The van der Waals surface area contributed by atoms with Crippen molar-refractivity contribution < 1.29 is 85.5 Å². The highest BCUT2D eigenvalue weighted by molar-refractivity contribution is 8.00. The maximum Gasteiger partial charge on any atom is 0.435 e. The van der Waals surface area contributed by atoms with Crippen LogP contribution in [0.5, 0.6) is 11.8 Å². The Kier molecular flexibility index (Phi) is 17.6. The summed E-state index contributed by atoms with van der Waals surface area (Å²) in [4.78, 5) is 20.4. The average molecular weight is 1010 g/mol. The van der Waals surface area contributed by atoms with Crippen LogP contribution in [-0.2, 0) is 57.5 Å². The number of rotatable bonds is 12. The first kappa shape index (κ1) is 53.7. The highest BCUT2D eigenvalue weighted by atomic mass is 32.2. The Balaban J connectivity index is 0.000000379. The zero-order valence-corrected chi connectivity index (χ0v) is 38.5. The molecular weight excluding hydrogens is 969 g/mol. The highest BCUT2D eigenvalue weighted by Crippen LogP contribution is 2.40. The largest absolute Gasteiger partial charge is 0.468 e. The zero-order chi connectivity index (χ0) is 47.3. The fourth-order valence-corrected chi connectivity index (χ4v) is 12.7. The molecule has 0 aromatic carbocycles. The first-order chi connectivity index (χ1) is 27.4. The molecule has 0 spiro atoms. The van der Waals surface area contributed by atoms with Gasteiger partial charge in [0, 0.05) is 48.2 Å². The molecule has 0 fully saturated rings. The topological polar surface area (TPSA) is 161 Å². The van der Waals surface area contributed by atoms with Gasteiger partial charge in [0.1, 0.15) is 4.34 Å². The molecular formula is C30H38F12N6O7S4Si2. The summed E-state index contributed by atoms with van der Waals surface area (Å²) in [5.41, 5.74) is -4.29. The molecule has 4 aromatic heterocycles. The van der Waals surface area contributed by atoms with Crippen LogP contribution in [0.1, 0.15) is 29.4 Å². The normalized spacial score (nSPS) is 13.0. The average Bonchev–Trinajstić information content (AvgIpc) is 3.87. The molecule has 13 nitrogen and oxygen atoms in total. The van der Waals surface area contributed by atoms with Crippen LogP contribution in [0, 0.1) is 0 Å². The van der Waals surface area contributed by atoms with Crippen molar-refractivity contribution in [1.82, 2.24) is 29.5 Å². The Morgan fingerprint density at radius 2 is 1.13 bits per heavy atom. The van der Waals surface area contributed by atoms with Crippen molar-refractivity contribution in [3.05, 3.63) is 34.9 Å². The lowest BCUT2D eigenvalue weighted by Gasteiger charge is -2.12. The lowest BCUT2D eigenvalue weighted by atomic mass is 10.2. The molecule has 0 radical (unpaired) electrons. The molecule has 0 aliphatic heterocycles. The van der Waals surface area contributed by atoms with Crippen molar-refractivity contribution in [2.75, 3.05) is 13.2 Å². The van der Waals surface area contributed by atoms with Crippen LogP contribution < -0.4 is 18.5 Å². The maximum atomic E-state index is 13.3. The molecule has 0 bridgehead atoms. The summed E-state index contributed by atoms with van der Waals surface area (Å²) in [5.74, 6) is -3.66. The summed E-state index contributed by atoms with van der Waals surface area (Å²) in [6.07, 6.45) is -16.3. The number of thioether (sulfide) groups is 1. The third kappa shape index (κ3) is 16.7. The van der Waals surface area contributed by atoms with Gasteiger partial charge >= 0.3 is 30.7 Å². The number of nitrogens with zero attached hydrogens (tertiary/aromatic N) is 6. The number of carbonyl (C=O) groups excluding carboxylic acids is 1. The van der Waals surface area contributed by atoms with Crippen LogP contribution in [0.4, 0.5) is 52.7 Å². The van der Waals surface area contributed by atoms with Gasteiger partial charge in [0.15, 0.2) is 24.6 Å². The summed E-state index contributed by atoms with van der Waals surface area (Å²) in [5, 5.41) is 13.7. The fraction of sp³-hybridized carbons (Fsp3) is 0.567. The van der Waals surface area contributed by atoms with Crippen molar-refractivity contribution >= 4 is 75.4 Å². The number of hydrogen-bond acceptors (Lipinski definition) is 14. The lowest BCUT2D eigenvalue weighted by molar-refractivity contribution is -0.231. The van der Waals surface area contributed by atoms with Crippen LogP contribution in [-0.4, -0.2) is 90.9 Å². The van der Waals surface area contributed by atoms with Gasteiger partial charge in [-0.15, -0.1) is 22.7 Å². The second-order valence-electron chi connectivity index (χ2n) is 14.4. The SMILES string of the molecule is CC(=O)OO.Cn1nc(C(F)(F)F)c(CS(=O)(=O)c2ncc([Si](C)(C)C)s2)c1OCC(F)(F)F.Cn1nc(C(F)(F)F)c(CSc2ncc([Si](C)(C)C)s2)c1OCC(F)(F)F. The van der Waals surface area contributed by atoms with Gasteiger partial charge in [0.2, 0.25) is 25.9 Å². The molecule has 1 N–H and O–H groups in total. The number of hydrogen-bond donors (Lipinski definition) is 1. The van der Waals surface area contributed by atoms with E-state index in [9.17, 15) is 65.9 Å². The number of halogens is 12. The van der Waals surface area contributed by atoms with Gasteiger partial charge in [-0.2, -0.15) is 68.1 Å². The van der Waals surface area contributed by atoms with Crippen molar-refractivity contribution in [1.29, 1.82) is 0 Å². The Labute approximate surface area is 354 Å². The van der Waals surface area contributed by atoms with Gasteiger partial charge in [-0.1, -0.05) is 51.0 Å². The third-order valence-corrected chi connectivity index (χ3v) is 19.4. The molecule has 0 saturated heterocycles. The summed E-state index contributed by atoms with van der Waals surface area (Å²) in [7, 11) is -5.86. The van der Waals surface area contributed by atoms with E-state index in [1.165, 1.54) is 17.5 Å². The Hall–Kier alpha value is -3.40. The van der Waals surface area contributed by atoms with Gasteiger partial charge in [-0.3, -0.25) is 0 Å². The summed E-state index contributed by atoms with van der Waals surface area (Å²) in [6.45, 7) is 9.66. The van der Waals surface area contributed by atoms with Crippen molar-refractivity contribution in [3.63, 3.8) is 0 Å². The van der Waals surface area contributed by atoms with Gasteiger partial charge in [-0.05, 0) is 0 Å². The number of alkyl halides is 12. The molecule has 0 unspecified atom stereocenters. The molecule has 346 valence electrons. The second kappa shape index (κ2) is 20.0. The smallest absolute Gasteiger partial charge is 0.435 e. The predicted molar refractivity (Wildman–Crippen MR) is 205 cm³/mol. The number of sulfone groups is 1. The summed E-state index contributed by atoms with van der Waals surface area (Å²) < 4.78 is 192. The van der Waals surface area contributed by atoms with Crippen LogP contribution in [0.25, 0.3) is 0 Å². The lowest BCUT2D eigenvalue weighted by Crippen LogP contribution is -2.34. The van der Waals surface area contributed by atoms with Crippen molar-refractivity contribution in [2.45, 2.75) is 91.1 Å². The van der Waals surface area contributed by atoms with Crippen molar-refractivity contribution in [2.24, 2.45) is 14.1 Å². The monoisotopic (exact) mass is 1010 g/mol. The molecule has 61 heavy (non-hydrogen) atoms. The first-order valence-corrected chi connectivity index (χ1v) is 27.9. The Morgan fingerprint density at radius 1 is 0.738 bits per heavy atom. The third-order valence-electron chi connectivity index (χ3n) is 6.97. The Bertz CT molecular complexity index is 2210. The van der Waals surface area contributed by atoms with E-state index in [1.807, 2.05) is 19.6 Å². The van der Waals surface area contributed by atoms with Gasteiger partial charge in [-0.25, -0.2) is 32.5 Å². The molecule has 4 aromatic rings. The molecule has 31 heteroatoms. The zero-order valence-electron chi connectivity index (χ0n) is 33.2. The van der Waals surface area contributed by atoms with E-state index in [-0.39, 0.29) is 5.75 Å². The second-order valence-corrected chi connectivity index (χ2v) is 30.7. The Morgan fingerprint density at radius 3 is 1.49 bits per heavy atom. The molecule has 0 saturated carbocycles. The van der Waals surface area contributed by atoms with Crippen LogP contribution in [0.15, 0.2) is 21.1 Å². The van der Waals surface area contributed by atoms with Crippen LogP contribution >= 0.6 is 34.4 Å². The fourth-order valence-electron chi connectivity index (χ4n) is 4.29. The molecule has 0 aliphatic carbocycles. The summed E-state index contributed by atoms with van der Waals surface area (Å²) in [6, 6.07) is 0. The van der Waals surface area contributed by atoms with E-state index in [0.29, 0.717) is 18.2 Å². The van der Waals surface area contributed by atoms with E-state index < -0.39 is 114 Å². The van der Waals surface area contributed by atoms with E-state index in [4.69, 9.17) is 5.26 Å². The molecule has 4 heterocycles. The molecule has 0 atom stereocenters.